The molecule has 0 radical (unpaired) electrons. The molecule has 24 heavy (non-hydrogen) atoms. The number of nitrogens with zero attached hydrogens (tertiary/aromatic N) is 1. The van der Waals surface area contributed by atoms with Crippen LogP contribution in [0.3, 0.4) is 0 Å². The molecule has 0 saturated heterocycles. The van der Waals surface area contributed by atoms with Gasteiger partial charge in [0.25, 0.3) is 0 Å². The minimum absolute atomic E-state index is 0.139. The third-order valence-electron chi connectivity index (χ3n) is 3.29. The first-order valence-electron chi connectivity index (χ1n) is 7.94. The van der Waals surface area contributed by atoms with Gasteiger partial charge in [0.2, 0.25) is 15.9 Å². The molecule has 0 aliphatic heterocycles. The van der Waals surface area contributed by atoms with Gasteiger partial charge in [0.15, 0.2) is 0 Å². The Hall–Kier alpha value is -1.64. The molecule has 0 bridgehead atoms. The van der Waals surface area contributed by atoms with Crippen LogP contribution in [0, 0.1) is 0 Å². The lowest BCUT2D eigenvalue weighted by molar-refractivity contribution is -0.121. The van der Waals surface area contributed by atoms with Crippen molar-refractivity contribution in [2.75, 3.05) is 40.0 Å². The first-order chi connectivity index (χ1) is 11.5. The molecule has 0 aliphatic carbocycles. The summed E-state index contributed by atoms with van der Waals surface area (Å²) in [7, 11) is -2.13. The number of hydrogen-bond donors (Lipinski definition) is 1. The fourth-order valence-corrected chi connectivity index (χ4v) is 3.46. The molecule has 0 atom stereocenters. The molecule has 1 aromatic carbocycles. The summed E-state index contributed by atoms with van der Waals surface area (Å²) in [4.78, 5) is 12.1. The van der Waals surface area contributed by atoms with Crippen molar-refractivity contribution >= 4 is 15.9 Å². The van der Waals surface area contributed by atoms with Crippen molar-refractivity contribution in [1.29, 1.82) is 0 Å². The van der Waals surface area contributed by atoms with E-state index in [0.717, 1.165) is 4.31 Å². The Bertz CT molecular complexity index is 601. The fourth-order valence-electron chi connectivity index (χ4n) is 2.05. The molecule has 136 valence electrons. The maximum atomic E-state index is 12.6. The number of carbonyl (C=O) groups is 1. The van der Waals surface area contributed by atoms with E-state index in [9.17, 15) is 13.2 Å². The summed E-state index contributed by atoms with van der Waals surface area (Å²) in [6, 6.07) is 6.18. The maximum absolute atomic E-state index is 12.6. The summed E-state index contributed by atoms with van der Waals surface area (Å²) in [5.41, 5.74) is 0. The Morgan fingerprint density at radius 3 is 2.42 bits per heavy atom. The van der Waals surface area contributed by atoms with Crippen LogP contribution in [0.2, 0.25) is 0 Å². The molecular formula is C16H26N2O5S. The minimum atomic E-state index is -3.72. The topological polar surface area (TPSA) is 84.9 Å². The Kier molecular flexibility index (Phi) is 8.73. The summed E-state index contributed by atoms with van der Waals surface area (Å²) in [6.07, 6.45) is 0.681. The molecule has 1 rings (SSSR count). The molecule has 1 N–H and O–H groups in total. The van der Waals surface area contributed by atoms with E-state index in [0.29, 0.717) is 31.9 Å². The molecule has 1 amide bonds. The molecule has 1 aromatic rings. The number of methoxy groups -OCH3 is 1. The van der Waals surface area contributed by atoms with Gasteiger partial charge in [-0.25, -0.2) is 8.42 Å². The lowest BCUT2D eigenvalue weighted by atomic mass is 10.3. The maximum Gasteiger partial charge on any atom is 0.243 e. The van der Waals surface area contributed by atoms with Gasteiger partial charge in [-0.3, -0.25) is 4.79 Å². The summed E-state index contributed by atoms with van der Waals surface area (Å²) < 4.78 is 36.6. The Labute approximate surface area is 144 Å². The largest absolute Gasteiger partial charge is 0.494 e. The van der Waals surface area contributed by atoms with E-state index < -0.39 is 10.0 Å². The SMILES string of the molecule is CCOc1ccc(S(=O)(=O)N(CC)CC(=O)NCCCOC)cc1. The van der Waals surface area contributed by atoms with Gasteiger partial charge in [0, 0.05) is 26.8 Å². The van der Waals surface area contributed by atoms with Crippen molar-refractivity contribution < 1.29 is 22.7 Å². The van der Waals surface area contributed by atoms with Gasteiger partial charge in [-0.15, -0.1) is 0 Å². The quantitative estimate of drug-likeness (QED) is 0.602. The van der Waals surface area contributed by atoms with Crippen LogP contribution in [-0.2, 0) is 19.6 Å². The van der Waals surface area contributed by atoms with Gasteiger partial charge in [-0.05, 0) is 37.6 Å². The number of rotatable bonds is 11. The lowest BCUT2D eigenvalue weighted by Crippen LogP contribution is -2.40. The van der Waals surface area contributed by atoms with Gasteiger partial charge >= 0.3 is 0 Å². The average molecular weight is 358 g/mol. The summed E-state index contributed by atoms with van der Waals surface area (Å²) in [5, 5.41) is 2.69. The molecule has 0 spiro atoms. The minimum Gasteiger partial charge on any atom is -0.494 e. The van der Waals surface area contributed by atoms with Crippen LogP contribution in [0.15, 0.2) is 29.2 Å². The Morgan fingerprint density at radius 1 is 1.21 bits per heavy atom. The predicted molar refractivity (Wildman–Crippen MR) is 91.5 cm³/mol. The van der Waals surface area contributed by atoms with Crippen LogP contribution in [0.25, 0.3) is 0 Å². The standard InChI is InChI=1S/C16H26N2O5S/c1-4-18(13-16(19)17-11-6-12-22-3)24(20,21)15-9-7-14(8-10-15)23-5-2/h7-10H,4-6,11-13H2,1-3H3,(H,17,19). The predicted octanol–water partition coefficient (Wildman–Crippen LogP) is 1.25. The zero-order valence-electron chi connectivity index (χ0n) is 14.4. The van der Waals surface area contributed by atoms with Crippen LogP contribution in [0.4, 0.5) is 0 Å². The highest BCUT2D eigenvalue weighted by atomic mass is 32.2. The van der Waals surface area contributed by atoms with Gasteiger partial charge in [0.1, 0.15) is 5.75 Å². The highest BCUT2D eigenvalue weighted by Gasteiger charge is 2.25. The number of benzene rings is 1. The number of hydrogen-bond acceptors (Lipinski definition) is 5. The molecular weight excluding hydrogens is 332 g/mol. The molecule has 0 aliphatic rings. The van der Waals surface area contributed by atoms with Crippen molar-refractivity contribution in [2.24, 2.45) is 0 Å². The van der Waals surface area contributed by atoms with E-state index >= 15 is 0 Å². The van der Waals surface area contributed by atoms with E-state index in [2.05, 4.69) is 5.32 Å². The first kappa shape index (κ1) is 20.4. The van der Waals surface area contributed by atoms with E-state index in [-0.39, 0.29) is 23.9 Å². The molecule has 0 fully saturated rings. The molecule has 0 aromatic heterocycles. The number of nitrogens with one attached hydrogen (secondary N) is 1. The van der Waals surface area contributed by atoms with E-state index in [1.54, 1.807) is 26.2 Å². The third kappa shape index (κ3) is 6.10. The number of likely N-dealkylation sites (N-methyl/N-ethyl adjacent to an activating group) is 1. The molecule has 0 saturated carbocycles. The van der Waals surface area contributed by atoms with Crippen molar-refractivity contribution in [3.8, 4) is 5.75 Å². The normalized spacial score (nSPS) is 11.5. The van der Waals surface area contributed by atoms with Gasteiger partial charge < -0.3 is 14.8 Å². The van der Waals surface area contributed by atoms with Crippen molar-refractivity contribution in [1.82, 2.24) is 9.62 Å². The summed E-state index contributed by atoms with van der Waals surface area (Å²) >= 11 is 0. The van der Waals surface area contributed by atoms with Crippen molar-refractivity contribution in [2.45, 2.75) is 25.2 Å². The number of sulfonamides is 1. The van der Waals surface area contributed by atoms with Gasteiger partial charge in [-0.2, -0.15) is 4.31 Å². The molecule has 7 nitrogen and oxygen atoms in total. The van der Waals surface area contributed by atoms with E-state index in [4.69, 9.17) is 9.47 Å². The van der Waals surface area contributed by atoms with Gasteiger partial charge in [0.05, 0.1) is 18.0 Å². The first-order valence-corrected chi connectivity index (χ1v) is 9.38. The second-order valence-corrected chi connectivity index (χ2v) is 6.97. The number of amides is 1. The molecule has 0 heterocycles. The lowest BCUT2D eigenvalue weighted by Gasteiger charge is -2.20. The van der Waals surface area contributed by atoms with Crippen LogP contribution < -0.4 is 10.1 Å². The molecule has 0 unspecified atom stereocenters. The second kappa shape index (κ2) is 10.3. The number of ether oxygens (including phenoxy) is 2. The van der Waals surface area contributed by atoms with Gasteiger partial charge in [-0.1, -0.05) is 6.92 Å². The second-order valence-electron chi connectivity index (χ2n) is 5.03. The number of carbonyl (C=O) groups excluding carboxylic acids is 1. The highest BCUT2D eigenvalue weighted by Crippen LogP contribution is 2.19. The summed E-state index contributed by atoms with van der Waals surface area (Å²) in [6.45, 7) is 5.06. The zero-order valence-corrected chi connectivity index (χ0v) is 15.3. The van der Waals surface area contributed by atoms with E-state index in [1.165, 1.54) is 12.1 Å². The van der Waals surface area contributed by atoms with E-state index in [1.807, 2.05) is 6.92 Å². The third-order valence-corrected chi connectivity index (χ3v) is 5.23. The average Bonchev–Trinajstić information content (AvgIpc) is 2.57. The van der Waals surface area contributed by atoms with Crippen LogP contribution >= 0.6 is 0 Å². The van der Waals surface area contributed by atoms with Crippen LogP contribution in [0.5, 0.6) is 5.75 Å². The van der Waals surface area contributed by atoms with Crippen LogP contribution in [0.1, 0.15) is 20.3 Å². The van der Waals surface area contributed by atoms with Crippen molar-refractivity contribution in [3.63, 3.8) is 0 Å². The monoisotopic (exact) mass is 358 g/mol. The van der Waals surface area contributed by atoms with Crippen LogP contribution in [-0.4, -0.2) is 58.6 Å². The van der Waals surface area contributed by atoms with Crippen molar-refractivity contribution in [3.05, 3.63) is 24.3 Å². The smallest absolute Gasteiger partial charge is 0.243 e. The fraction of sp³-hybridized carbons (Fsp3) is 0.562. The summed E-state index contributed by atoms with van der Waals surface area (Å²) in [5.74, 6) is 0.276. The highest BCUT2D eigenvalue weighted by molar-refractivity contribution is 7.89. The molecule has 8 heteroatoms. The Morgan fingerprint density at radius 2 is 1.88 bits per heavy atom. The zero-order chi connectivity index (χ0) is 18.0. The Balaban J connectivity index is 2.72.